The Hall–Kier alpha value is -2.82. The maximum atomic E-state index is 12.1. The second-order valence-electron chi connectivity index (χ2n) is 6.43. The van der Waals surface area contributed by atoms with E-state index in [0.717, 1.165) is 18.4 Å². The van der Waals surface area contributed by atoms with Crippen molar-refractivity contribution in [3.05, 3.63) is 59.2 Å². The van der Waals surface area contributed by atoms with Crippen LogP contribution in [0.4, 0.5) is 5.69 Å². The standard InChI is InChI=1S/C20H22N2O3/c1-13(15-10-9-14-5-2-3-6-16(14)11-15)21-19(24)20(25)22-17-7-4-8-18(23)12-17/h4,7-13,23H,2-3,5-6H2,1H3,(H,21,24)(H,22,25). The van der Waals surface area contributed by atoms with Gasteiger partial charge in [-0.3, -0.25) is 9.59 Å². The van der Waals surface area contributed by atoms with Crippen LogP contribution in [0.3, 0.4) is 0 Å². The number of fused-ring (bicyclic) bond motifs is 1. The largest absolute Gasteiger partial charge is 0.508 e. The van der Waals surface area contributed by atoms with E-state index in [4.69, 9.17) is 0 Å². The van der Waals surface area contributed by atoms with Gasteiger partial charge >= 0.3 is 11.8 Å². The van der Waals surface area contributed by atoms with Crippen molar-refractivity contribution in [2.75, 3.05) is 5.32 Å². The summed E-state index contributed by atoms with van der Waals surface area (Å²) in [5.74, 6) is -1.43. The summed E-state index contributed by atoms with van der Waals surface area (Å²) in [6.45, 7) is 1.87. The first-order valence-electron chi connectivity index (χ1n) is 8.55. The highest BCUT2D eigenvalue weighted by Gasteiger charge is 2.18. The Balaban J connectivity index is 1.62. The Labute approximate surface area is 147 Å². The number of hydrogen-bond donors (Lipinski definition) is 3. The fraction of sp³-hybridized carbons (Fsp3) is 0.300. The van der Waals surface area contributed by atoms with Crippen LogP contribution >= 0.6 is 0 Å². The summed E-state index contributed by atoms with van der Waals surface area (Å²) in [5, 5.41) is 14.6. The Bertz CT molecular complexity index is 801. The van der Waals surface area contributed by atoms with E-state index in [1.165, 1.54) is 36.1 Å². The van der Waals surface area contributed by atoms with Crippen LogP contribution in [0.1, 0.15) is 42.5 Å². The molecule has 0 heterocycles. The number of hydrogen-bond acceptors (Lipinski definition) is 3. The Morgan fingerprint density at radius 3 is 2.52 bits per heavy atom. The maximum absolute atomic E-state index is 12.1. The van der Waals surface area contributed by atoms with Gasteiger partial charge in [-0.25, -0.2) is 0 Å². The Kier molecular flexibility index (Phi) is 5.03. The third kappa shape index (κ3) is 4.18. The van der Waals surface area contributed by atoms with E-state index in [9.17, 15) is 14.7 Å². The van der Waals surface area contributed by atoms with E-state index in [-0.39, 0.29) is 11.8 Å². The van der Waals surface area contributed by atoms with Gasteiger partial charge in [0, 0.05) is 11.8 Å². The third-order valence-corrected chi connectivity index (χ3v) is 4.53. The molecule has 5 nitrogen and oxygen atoms in total. The lowest BCUT2D eigenvalue weighted by Gasteiger charge is -2.20. The molecule has 0 radical (unpaired) electrons. The second-order valence-corrected chi connectivity index (χ2v) is 6.43. The van der Waals surface area contributed by atoms with Gasteiger partial charge in [0.2, 0.25) is 0 Å². The molecule has 0 saturated heterocycles. The predicted octanol–water partition coefficient (Wildman–Crippen LogP) is 3.09. The minimum absolute atomic E-state index is 0.0284. The van der Waals surface area contributed by atoms with Gasteiger partial charge in [0.05, 0.1) is 6.04 Å². The van der Waals surface area contributed by atoms with Crippen LogP contribution in [0.5, 0.6) is 5.75 Å². The molecule has 130 valence electrons. The molecule has 1 atom stereocenters. The molecular weight excluding hydrogens is 316 g/mol. The van der Waals surface area contributed by atoms with Crippen molar-refractivity contribution < 1.29 is 14.7 Å². The minimum Gasteiger partial charge on any atom is -0.508 e. The van der Waals surface area contributed by atoms with Crippen LogP contribution in [-0.4, -0.2) is 16.9 Å². The molecule has 0 aliphatic heterocycles. The van der Waals surface area contributed by atoms with Crippen LogP contribution in [-0.2, 0) is 22.4 Å². The molecule has 0 bridgehead atoms. The number of aryl methyl sites for hydroxylation is 2. The first-order chi connectivity index (χ1) is 12.0. The fourth-order valence-corrected chi connectivity index (χ4v) is 3.14. The lowest BCUT2D eigenvalue weighted by atomic mass is 9.89. The summed E-state index contributed by atoms with van der Waals surface area (Å²) < 4.78 is 0. The van der Waals surface area contributed by atoms with E-state index in [1.807, 2.05) is 13.0 Å². The molecule has 5 heteroatoms. The van der Waals surface area contributed by atoms with Crippen LogP contribution in [0, 0.1) is 0 Å². The van der Waals surface area contributed by atoms with E-state index >= 15 is 0 Å². The lowest BCUT2D eigenvalue weighted by molar-refractivity contribution is -0.136. The molecule has 2 aromatic rings. The normalized spacial score (nSPS) is 14.3. The molecular formula is C20H22N2O3. The number of nitrogens with one attached hydrogen (secondary N) is 2. The SMILES string of the molecule is CC(NC(=O)C(=O)Nc1cccc(O)c1)c1ccc2c(c1)CCCC2. The monoisotopic (exact) mass is 338 g/mol. The first-order valence-corrected chi connectivity index (χ1v) is 8.55. The number of anilines is 1. The summed E-state index contributed by atoms with van der Waals surface area (Å²) in [5.41, 5.74) is 4.10. The highest BCUT2D eigenvalue weighted by atomic mass is 16.3. The fourth-order valence-electron chi connectivity index (χ4n) is 3.14. The van der Waals surface area contributed by atoms with Crippen molar-refractivity contribution in [3.8, 4) is 5.75 Å². The first kappa shape index (κ1) is 17.0. The van der Waals surface area contributed by atoms with Crippen LogP contribution in [0.15, 0.2) is 42.5 Å². The van der Waals surface area contributed by atoms with Gasteiger partial charge in [0.1, 0.15) is 5.75 Å². The van der Waals surface area contributed by atoms with Crippen molar-refractivity contribution in [2.45, 2.75) is 38.6 Å². The highest BCUT2D eigenvalue weighted by molar-refractivity contribution is 6.39. The predicted molar refractivity (Wildman–Crippen MR) is 96.4 cm³/mol. The third-order valence-electron chi connectivity index (χ3n) is 4.53. The van der Waals surface area contributed by atoms with Crippen molar-refractivity contribution in [1.29, 1.82) is 0 Å². The van der Waals surface area contributed by atoms with E-state index < -0.39 is 11.8 Å². The summed E-state index contributed by atoms with van der Waals surface area (Å²) in [6, 6.07) is 12.1. The summed E-state index contributed by atoms with van der Waals surface area (Å²) in [4.78, 5) is 24.1. The number of phenols is 1. The van der Waals surface area contributed by atoms with Gasteiger partial charge in [0.25, 0.3) is 0 Å². The minimum atomic E-state index is -0.754. The second kappa shape index (κ2) is 7.38. The maximum Gasteiger partial charge on any atom is 0.313 e. The zero-order valence-electron chi connectivity index (χ0n) is 14.2. The summed E-state index contributed by atoms with van der Waals surface area (Å²) in [7, 11) is 0. The zero-order valence-corrected chi connectivity index (χ0v) is 14.2. The van der Waals surface area contributed by atoms with Crippen molar-refractivity contribution in [3.63, 3.8) is 0 Å². The smallest absolute Gasteiger partial charge is 0.313 e. The van der Waals surface area contributed by atoms with Crippen molar-refractivity contribution in [2.24, 2.45) is 0 Å². The molecule has 0 aromatic heterocycles. The molecule has 2 amide bonds. The number of carbonyl (C=O) groups is 2. The van der Waals surface area contributed by atoms with Gasteiger partial charge in [-0.1, -0.05) is 24.3 Å². The van der Waals surface area contributed by atoms with Gasteiger partial charge in [-0.2, -0.15) is 0 Å². The molecule has 0 spiro atoms. The van der Waals surface area contributed by atoms with Crippen molar-refractivity contribution >= 4 is 17.5 Å². The summed E-state index contributed by atoms with van der Waals surface area (Å²) >= 11 is 0. The number of aromatic hydroxyl groups is 1. The van der Waals surface area contributed by atoms with Crippen LogP contribution in [0.2, 0.25) is 0 Å². The number of amides is 2. The summed E-state index contributed by atoms with van der Waals surface area (Å²) in [6.07, 6.45) is 4.61. The molecule has 0 fully saturated rings. The molecule has 1 aliphatic rings. The quantitative estimate of drug-likeness (QED) is 0.753. The van der Waals surface area contributed by atoms with E-state index in [0.29, 0.717) is 5.69 Å². The van der Waals surface area contributed by atoms with Crippen molar-refractivity contribution in [1.82, 2.24) is 5.32 Å². The van der Waals surface area contributed by atoms with Gasteiger partial charge in [-0.05, 0) is 61.4 Å². The molecule has 3 N–H and O–H groups in total. The van der Waals surface area contributed by atoms with Crippen LogP contribution < -0.4 is 10.6 Å². The molecule has 25 heavy (non-hydrogen) atoms. The lowest BCUT2D eigenvalue weighted by Crippen LogP contribution is -2.37. The molecule has 2 aromatic carbocycles. The number of phenolic OH excluding ortho intramolecular Hbond substituents is 1. The van der Waals surface area contributed by atoms with Crippen LogP contribution in [0.25, 0.3) is 0 Å². The molecule has 1 unspecified atom stereocenters. The molecule has 0 saturated carbocycles. The number of carbonyl (C=O) groups excluding carboxylic acids is 2. The zero-order chi connectivity index (χ0) is 17.8. The van der Waals surface area contributed by atoms with E-state index in [1.54, 1.807) is 12.1 Å². The average molecular weight is 338 g/mol. The Morgan fingerprint density at radius 2 is 1.76 bits per heavy atom. The van der Waals surface area contributed by atoms with Gasteiger partial charge in [-0.15, -0.1) is 0 Å². The van der Waals surface area contributed by atoms with Gasteiger partial charge < -0.3 is 15.7 Å². The molecule has 3 rings (SSSR count). The average Bonchev–Trinajstić information content (AvgIpc) is 2.61. The number of rotatable bonds is 3. The van der Waals surface area contributed by atoms with Gasteiger partial charge in [0.15, 0.2) is 0 Å². The number of benzene rings is 2. The highest BCUT2D eigenvalue weighted by Crippen LogP contribution is 2.24. The topological polar surface area (TPSA) is 78.4 Å². The Morgan fingerprint density at radius 1 is 1.00 bits per heavy atom. The molecule has 1 aliphatic carbocycles. The van der Waals surface area contributed by atoms with E-state index in [2.05, 4.69) is 22.8 Å².